The maximum atomic E-state index is 4.56. The summed E-state index contributed by atoms with van der Waals surface area (Å²) in [7, 11) is 0. The van der Waals surface area contributed by atoms with Gasteiger partial charge in [-0.1, -0.05) is 0 Å². The molecule has 0 aliphatic carbocycles. The fourth-order valence-electron chi connectivity index (χ4n) is 2.78. The molecule has 0 saturated heterocycles. The van der Waals surface area contributed by atoms with Crippen LogP contribution in [0.25, 0.3) is 34.2 Å². The highest BCUT2D eigenvalue weighted by Crippen LogP contribution is 2.29. The van der Waals surface area contributed by atoms with Crippen LogP contribution in [0.15, 0.2) is 55.0 Å². The molecule has 132 valence electrons. The summed E-state index contributed by atoms with van der Waals surface area (Å²) in [5, 5.41) is 0. The Morgan fingerprint density at radius 1 is 0.481 bits per heavy atom. The lowest BCUT2D eigenvalue weighted by atomic mass is 10.0. The van der Waals surface area contributed by atoms with Gasteiger partial charge < -0.3 is 0 Å². The fourth-order valence-corrected chi connectivity index (χ4v) is 2.78. The molecule has 0 unspecified atom stereocenters. The predicted octanol–water partition coefficient (Wildman–Crippen LogP) is 3.98. The van der Waals surface area contributed by atoms with Gasteiger partial charge in [0.05, 0.1) is 0 Å². The van der Waals surface area contributed by atoms with Crippen molar-refractivity contribution >= 4 is 0 Å². The van der Waals surface area contributed by atoms with Crippen molar-refractivity contribution in [1.29, 1.82) is 0 Å². The molecule has 0 N–H and O–H groups in total. The van der Waals surface area contributed by atoms with Crippen molar-refractivity contribution in [3.05, 3.63) is 72.1 Å². The van der Waals surface area contributed by atoms with Crippen LogP contribution < -0.4 is 0 Å². The van der Waals surface area contributed by atoms with E-state index in [2.05, 4.69) is 29.9 Å². The second-order valence-corrected chi connectivity index (χ2v) is 6.36. The zero-order valence-electron chi connectivity index (χ0n) is 15.4. The standard InChI is InChI=1S/C21H18N6/c1-13-4-7-22-19(25-13)16-10-17(20-23-8-5-14(2)26-20)12-18(11-16)21-24-9-6-15(3)27-21/h4-12H,1-3H3. The summed E-state index contributed by atoms with van der Waals surface area (Å²) in [6, 6.07) is 11.6. The van der Waals surface area contributed by atoms with E-state index < -0.39 is 0 Å². The van der Waals surface area contributed by atoms with Crippen LogP contribution in [-0.2, 0) is 0 Å². The minimum absolute atomic E-state index is 0.651. The molecular weight excluding hydrogens is 336 g/mol. The van der Waals surface area contributed by atoms with Crippen LogP contribution in [0.3, 0.4) is 0 Å². The van der Waals surface area contributed by atoms with Gasteiger partial charge in [-0.05, 0) is 57.2 Å². The van der Waals surface area contributed by atoms with Crippen molar-refractivity contribution in [2.45, 2.75) is 20.8 Å². The first-order chi connectivity index (χ1) is 13.1. The Bertz CT molecular complexity index is 969. The number of hydrogen-bond acceptors (Lipinski definition) is 6. The molecule has 0 amide bonds. The number of hydrogen-bond donors (Lipinski definition) is 0. The van der Waals surface area contributed by atoms with E-state index >= 15 is 0 Å². The third kappa shape index (κ3) is 3.69. The van der Waals surface area contributed by atoms with E-state index in [0.717, 1.165) is 33.8 Å². The van der Waals surface area contributed by atoms with Crippen molar-refractivity contribution < 1.29 is 0 Å². The van der Waals surface area contributed by atoms with Gasteiger partial charge in [0, 0.05) is 52.4 Å². The molecule has 6 nitrogen and oxygen atoms in total. The Morgan fingerprint density at radius 2 is 0.778 bits per heavy atom. The zero-order chi connectivity index (χ0) is 18.8. The lowest BCUT2D eigenvalue weighted by molar-refractivity contribution is 1.09. The minimum atomic E-state index is 0.651. The lowest BCUT2D eigenvalue weighted by Crippen LogP contribution is -1.97. The van der Waals surface area contributed by atoms with Crippen LogP contribution in [0.4, 0.5) is 0 Å². The lowest BCUT2D eigenvalue weighted by Gasteiger charge is -2.09. The van der Waals surface area contributed by atoms with Gasteiger partial charge in [0.25, 0.3) is 0 Å². The van der Waals surface area contributed by atoms with Gasteiger partial charge in [0.15, 0.2) is 17.5 Å². The average molecular weight is 354 g/mol. The SMILES string of the molecule is Cc1ccnc(-c2cc(-c3nccc(C)n3)cc(-c3nccc(C)n3)c2)n1. The second-order valence-electron chi connectivity index (χ2n) is 6.36. The second kappa shape index (κ2) is 6.99. The van der Waals surface area contributed by atoms with Crippen LogP contribution in [0.2, 0.25) is 0 Å². The molecule has 0 atom stereocenters. The molecule has 3 aromatic heterocycles. The number of aryl methyl sites for hydroxylation is 3. The summed E-state index contributed by atoms with van der Waals surface area (Å²) < 4.78 is 0. The van der Waals surface area contributed by atoms with Gasteiger partial charge in [0.2, 0.25) is 0 Å². The first-order valence-corrected chi connectivity index (χ1v) is 8.64. The van der Waals surface area contributed by atoms with E-state index in [9.17, 15) is 0 Å². The smallest absolute Gasteiger partial charge is 0.159 e. The number of benzene rings is 1. The van der Waals surface area contributed by atoms with Gasteiger partial charge in [-0.25, -0.2) is 29.9 Å². The topological polar surface area (TPSA) is 77.3 Å². The molecule has 4 aromatic rings. The van der Waals surface area contributed by atoms with Crippen LogP contribution in [-0.4, -0.2) is 29.9 Å². The van der Waals surface area contributed by atoms with Crippen LogP contribution in [0.1, 0.15) is 17.1 Å². The summed E-state index contributed by atoms with van der Waals surface area (Å²) in [6.07, 6.45) is 5.28. The summed E-state index contributed by atoms with van der Waals surface area (Å²) in [6.45, 7) is 5.84. The molecule has 0 bridgehead atoms. The quantitative estimate of drug-likeness (QED) is 0.554. The van der Waals surface area contributed by atoms with Crippen LogP contribution in [0.5, 0.6) is 0 Å². The van der Waals surface area contributed by atoms with Crippen molar-refractivity contribution in [2.75, 3.05) is 0 Å². The zero-order valence-corrected chi connectivity index (χ0v) is 15.4. The molecule has 0 spiro atoms. The molecule has 4 rings (SSSR count). The molecular formula is C21H18N6. The highest BCUT2D eigenvalue weighted by molar-refractivity contribution is 5.75. The molecule has 0 aliphatic heterocycles. The maximum Gasteiger partial charge on any atom is 0.159 e. The Hall–Kier alpha value is -3.54. The summed E-state index contributed by atoms with van der Waals surface area (Å²) in [4.78, 5) is 26.9. The minimum Gasteiger partial charge on any atom is -0.237 e. The van der Waals surface area contributed by atoms with E-state index in [4.69, 9.17) is 0 Å². The summed E-state index contributed by atoms with van der Waals surface area (Å²) >= 11 is 0. The average Bonchev–Trinajstić information content (AvgIpc) is 2.68. The third-order valence-electron chi connectivity index (χ3n) is 4.09. The number of aromatic nitrogens is 6. The molecule has 0 fully saturated rings. The molecule has 0 radical (unpaired) electrons. The van der Waals surface area contributed by atoms with Crippen LogP contribution in [0, 0.1) is 20.8 Å². The fraction of sp³-hybridized carbons (Fsp3) is 0.143. The maximum absolute atomic E-state index is 4.56. The summed E-state index contributed by atoms with van der Waals surface area (Å²) in [5.74, 6) is 1.95. The molecule has 27 heavy (non-hydrogen) atoms. The molecule has 0 saturated carbocycles. The van der Waals surface area contributed by atoms with Crippen LogP contribution >= 0.6 is 0 Å². The van der Waals surface area contributed by atoms with Gasteiger partial charge in [0.1, 0.15) is 0 Å². The largest absolute Gasteiger partial charge is 0.237 e. The molecule has 1 aromatic carbocycles. The normalized spacial score (nSPS) is 10.8. The monoisotopic (exact) mass is 354 g/mol. The van der Waals surface area contributed by atoms with Crippen molar-refractivity contribution in [1.82, 2.24) is 29.9 Å². The first-order valence-electron chi connectivity index (χ1n) is 8.64. The van der Waals surface area contributed by atoms with Crippen molar-refractivity contribution in [3.8, 4) is 34.2 Å². The molecule has 0 aliphatic rings. The number of rotatable bonds is 3. The van der Waals surface area contributed by atoms with Crippen molar-refractivity contribution in [2.24, 2.45) is 0 Å². The Labute approximate surface area is 157 Å². The first kappa shape index (κ1) is 16.9. The third-order valence-corrected chi connectivity index (χ3v) is 4.09. The highest BCUT2D eigenvalue weighted by Gasteiger charge is 2.12. The van der Waals surface area contributed by atoms with Crippen molar-refractivity contribution in [3.63, 3.8) is 0 Å². The van der Waals surface area contributed by atoms with Gasteiger partial charge >= 0.3 is 0 Å². The van der Waals surface area contributed by atoms with Gasteiger partial charge in [-0.2, -0.15) is 0 Å². The van der Waals surface area contributed by atoms with E-state index in [1.165, 1.54) is 0 Å². The van der Waals surface area contributed by atoms with E-state index in [0.29, 0.717) is 17.5 Å². The highest BCUT2D eigenvalue weighted by atomic mass is 14.9. The Balaban J connectivity index is 1.94. The van der Waals surface area contributed by atoms with Gasteiger partial charge in [-0.15, -0.1) is 0 Å². The Kier molecular flexibility index (Phi) is 4.38. The molecule has 6 heteroatoms. The van der Waals surface area contributed by atoms with E-state index in [1.54, 1.807) is 18.6 Å². The predicted molar refractivity (Wildman–Crippen MR) is 104 cm³/mol. The summed E-state index contributed by atoms with van der Waals surface area (Å²) in [5.41, 5.74) is 5.35. The number of nitrogens with zero attached hydrogens (tertiary/aromatic N) is 6. The van der Waals surface area contributed by atoms with E-state index in [-0.39, 0.29) is 0 Å². The van der Waals surface area contributed by atoms with E-state index in [1.807, 2.05) is 57.2 Å². The van der Waals surface area contributed by atoms with Gasteiger partial charge in [-0.3, -0.25) is 0 Å². The molecule has 3 heterocycles. The Morgan fingerprint density at radius 3 is 1.04 bits per heavy atom.